The van der Waals surface area contributed by atoms with Crippen molar-refractivity contribution in [3.8, 4) is 0 Å². The Labute approximate surface area is 233 Å². The monoisotopic (exact) mass is 554 g/mol. The molecule has 1 saturated carbocycles. The lowest BCUT2D eigenvalue weighted by Crippen LogP contribution is -2.62. The van der Waals surface area contributed by atoms with Gasteiger partial charge in [-0.25, -0.2) is 0 Å². The summed E-state index contributed by atoms with van der Waals surface area (Å²) in [6.45, 7) is 0.812. The highest BCUT2D eigenvalue weighted by atomic mass is 16.6. The van der Waals surface area contributed by atoms with Crippen LogP contribution in [0.1, 0.15) is 54.7 Å². The summed E-state index contributed by atoms with van der Waals surface area (Å²) in [5.41, 5.74) is 12.6. The number of hydrogen-bond acceptors (Lipinski definition) is 9. The van der Waals surface area contributed by atoms with E-state index in [0.717, 1.165) is 18.4 Å². The molecule has 4 unspecified atom stereocenters. The van der Waals surface area contributed by atoms with Gasteiger partial charge in [-0.1, -0.05) is 48.6 Å². The highest BCUT2D eigenvalue weighted by Crippen LogP contribution is 2.35. The molecule has 2 aromatic rings. The Kier molecular flexibility index (Phi) is 10.3. The van der Waals surface area contributed by atoms with Crippen molar-refractivity contribution in [1.82, 2.24) is 4.90 Å². The first-order valence-corrected chi connectivity index (χ1v) is 13.9. The second-order valence-corrected chi connectivity index (χ2v) is 10.7. The number of nitrogens with one attached hydrogen (secondary N) is 1. The molecule has 2 fully saturated rings. The zero-order valence-corrected chi connectivity index (χ0v) is 22.5. The topological polar surface area (TPSA) is 188 Å². The molecule has 1 saturated heterocycles. The molecule has 2 aromatic carbocycles. The minimum atomic E-state index is -1.28. The molecule has 4 rings (SSSR count). The second-order valence-electron chi connectivity index (χ2n) is 10.7. The third kappa shape index (κ3) is 7.08. The van der Waals surface area contributed by atoms with E-state index in [9.17, 15) is 30.5 Å². The van der Waals surface area contributed by atoms with E-state index in [2.05, 4.69) is 33.5 Å². The average Bonchev–Trinajstić information content (AvgIpc) is 2.96. The van der Waals surface area contributed by atoms with Gasteiger partial charge in [0.15, 0.2) is 0 Å². The Morgan fingerprint density at radius 2 is 1.85 bits per heavy atom. The van der Waals surface area contributed by atoms with E-state index in [1.807, 2.05) is 4.90 Å². The van der Waals surface area contributed by atoms with Gasteiger partial charge in [-0.15, -0.1) is 0 Å². The number of azide groups is 1. The van der Waals surface area contributed by atoms with Gasteiger partial charge in [0, 0.05) is 36.3 Å². The lowest BCUT2D eigenvalue weighted by atomic mass is 9.81. The van der Waals surface area contributed by atoms with Crippen LogP contribution in [0, 0.1) is 10.1 Å². The molecular weight excluding hydrogens is 516 g/mol. The Balaban J connectivity index is 1.49. The molecule has 1 aliphatic carbocycles. The molecule has 12 heteroatoms. The summed E-state index contributed by atoms with van der Waals surface area (Å²) >= 11 is 0. The van der Waals surface area contributed by atoms with Crippen molar-refractivity contribution >= 4 is 17.1 Å². The Bertz CT molecular complexity index is 1220. The van der Waals surface area contributed by atoms with E-state index in [4.69, 9.17) is 5.53 Å². The van der Waals surface area contributed by atoms with Gasteiger partial charge in [0.25, 0.3) is 5.69 Å². The number of anilines is 1. The summed E-state index contributed by atoms with van der Waals surface area (Å²) in [6, 6.07) is 10.2. The Morgan fingerprint density at radius 1 is 1.07 bits per heavy atom. The lowest BCUT2D eigenvalue weighted by Gasteiger charge is -2.43. The number of piperidine rings is 1. The van der Waals surface area contributed by atoms with E-state index in [1.165, 1.54) is 42.5 Å². The first kappa shape index (κ1) is 29.7. The number of nitrogens with zero attached hydrogens (tertiary/aromatic N) is 5. The smallest absolute Gasteiger partial charge is 0.292 e. The fourth-order valence-electron chi connectivity index (χ4n) is 6.02. The number of hydrogen-bond donors (Lipinski definition) is 5. The Hall–Kier alpha value is -3.25. The molecule has 216 valence electrons. The van der Waals surface area contributed by atoms with E-state index in [-0.39, 0.29) is 24.5 Å². The SMILES string of the molecule is [N-]=[N+]=Nc1ccc(NCCc2cc(CCN3CC(O)C(O)C(O)C3CO)ccc2C2CCCCC2)c([N+](=O)[O-])c1. The highest BCUT2D eigenvalue weighted by Gasteiger charge is 2.40. The van der Waals surface area contributed by atoms with Crippen molar-refractivity contribution in [2.24, 2.45) is 5.11 Å². The van der Waals surface area contributed by atoms with Crippen LogP contribution in [0.25, 0.3) is 10.4 Å². The van der Waals surface area contributed by atoms with Crippen molar-refractivity contribution in [3.05, 3.63) is 73.6 Å². The molecule has 1 aliphatic heterocycles. The van der Waals surface area contributed by atoms with Crippen LogP contribution in [0.4, 0.5) is 17.1 Å². The fourth-order valence-corrected chi connectivity index (χ4v) is 6.02. The number of β-amino-alcohol motifs (C(OH)–C–C–N with tert-alkyl or cyclic N) is 1. The van der Waals surface area contributed by atoms with Crippen molar-refractivity contribution in [1.29, 1.82) is 0 Å². The van der Waals surface area contributed by atoms with Crippen LogP contribution in [-0.4, -0.2) is 80.8 Å². The maximum absolute atomic E-state index is 11.6. The summed E-state index contributed by atoms with van der Waals surface area (Å²) < 4.78 is 0. The van der Waals surface area contributed by atoms with Crippen LogP contribution in [0.15, 0.2) is 41.5 Å². The lowest BCUT2D eigenvalue weighted by molar-refractivity contribution is -0.383. The van der Waals surface area contributed by atoms with Gasteiger partial charge in [-0.2, -0.15) is 0 Å². The predicted molar refractivity (Wildman–Crippen MR) is 151 cm³/mol. The van der Waals surface area contributed by atoms with E-state index < -0.39 is 29.3 Å². The quantitative estimate of drug-likeness (QED) is 0.0916. The third-order valence-corrected chi connectivity index (χ3v) is 8.20. The van der Waals surface area contributed by atoms with Gasteiger partial charge in [0.2, 0.25) is 0 Å². The average molecular weight is 555 g/mol. The molecule has 12 nitrogen and oxygen atoms in total. The van der Waals surface area contributed by atoms with Crippen molar-refractivity contribution < 1.29 is 25.3 Å². The van der Waals surface area contributed by atoms with Gasteiger partial charge >= 0.3 is 0 Å². The number of nitro groups is 1. The van der Waals surface area contributed by atoms with Crippen LogP contribution in [0.5, 0.6) is 0 Å². The van der Waals surface area contributed by atoms with Crippen molar-refractivity contribution in [2.75, 3.05) is 31.6 Å². The minimum Gasteiger partial charge on any atom is -0.395 e. The van der Waals surface area contributed by atoms with Gasteiger partial charge < -0.3 is 25.7 Å². The maximum atomic E-state index is 11.6. The molecule has 40 heavy (non-hydrogen) atoms. The van der Waals surface area contributed by atoms with E-state index in [1.54, 1.807) is 6.07 Å². The molecule has 4 atom stereocenters. The zero-order valence-electron chi connectivity index (χ0n) is 22.5. The molecule has 0 radical (unpaired) electrons. The zero-order chi connectivity index (χ0) is 28.6. The number of aliphatic hydroxyl groups excluding tert-OH is 4. The Morgan fingerprint density at radius 3 is 2.55 bits per heavy atom. The number of benzene rings is 2. The summed E-state index contributed by atoms with van der Waals surface area (Å²) in [7, 11) is 0. The summed E-state index contributed by atoms with van der Waals surface area (Å²) in [5, 5.41) is 58.4. The molecule has 0 bridgehead atoms. The molecule has 5 N–H and O–H groups in total. The van der Waals surface area contributed by atoms with Crippen molar-refractivity contribution in [3.63, 3.8) is 0 Å². The predicted octanol–water partition coefficient (Wildman–Crippen LogP) is 3.54. The molecule has 0 aromatic heterocycles. The standard InChI is InChI=1S/C28H38N6O6/c29-32-31-21-7-9-23(24(15-21)34(39)40)30-12-10-20-14-18(6-8-22(20)19-4-2-1-3-5-19)11-13-33-16-26(36)28(38)27(37)25(33)17-35/h6-9,14-15,19,25-28,30,35-38H,1-5,10-13,16-17H2. The fraction of sp³-hybridized carbons (Fsp3) is 0.571. The minimum absolute atomic E-state index is 0.152. The van der Waals surface area contributed by atoms with Crippen LogP contribution >= 0.6 is 0 Å². The van der Waals surface area contributed by atoms with Crippen LogP contribution in [0.3, 0.4) is 0 Å². The second kappa shape index (κ2) is 13.9. The van der Waals surface area contributed by atoms with Gasteiger partial charge in [0.05, 0.1) is 23.7 Å². The normalized spacial score (nSPS) is 23.9. The number of rotatable bonds is 11. The van der Waals surface area contributed by atoms with Crippen LogP contribution in [-0.2, 0) is 12.8 Å². The molecular formula is C28H38N6O6. The highest BCUT2D eigenvalue weighted by molar-refractivity contribution is 5.66. The van der Waals surface area contributed by atoms with Gasteiger partial charge in [0.1, 0.15) is 17.9 Å². The third-order valence-electron chi connectivity index (χ3n) is 8.20. The molecule has 2 aliphatic rings. The number of nitro benzene ring substituents is 1. The van der Waals surface area contributed by atoms with Crippen LogP contribution in [0.2, 0.25) is 0 Å². The first-order chi connectivity index (χ1) is 19.3. The van der Waals surface area contributed by atoms with Gasteiger partial charge in [-0.3, -0.25) is 15.0 Å². The van der Waals surface area contributed by atoms with E-state index >= 15 is 0 Å². The van der Waals surface area contributed by atoms with Crippen molar-refractivity contribution in [2.45, 2.75) is 75.2 Å². The van der Waals surface area contributed by atoms with E-state index in [0.29, 0.717) is 37.5 Å². The maximum Gasteiger partial charge on any atom is 0.292 e. The number of aliphatic hydroxyl groups is 4. The number of likely N-dealkylation sites (tertiary alicyclic amines) is 1. The molecule has 0 spiro atoms. The summed E-state index contributed by atoms with van der Waals surface area (Å²) in [5.74, 6) is 0.475. The molecule has 0 amide bonds. The largest absolute Gasteiger partial charge is 0.395 e. The van der Waals surface area contributed by atoms with Crippen LogP contribution < -0.4 is 5.32 Å². The summed E-state index contributed by atoms with van der Waals surface area (Å²) in [4.78, 5) is 15.6. The molecule has 1 heterocycles. The van der Waals surface area contributed by atoms with Gasteiger partial charge in [-0.05, 0) is 59.9 Å². The first-order valence-electron chi connectivity index (χ1n) is 13.9. The summed E-state index contributed by atoms with van der Waals surface area (Å²) in [6.07, 6.45) is 3.59.